The Morgan fingerprint density at radius 2 is 2.21 bits per heavy atom. The van der Waals surface area contributed by atoms with Crippen molar-refractivity contribution < 1.29 is 17.5 Å². The van der Waals surface area contributed by atoms with Crippen molar-refractivity contribution in [1.29, 1.82) is 0 Å². The van der Waals surface area contributed by atoms with E-state index < -0.39 is 15.8 Å². The van der Waals surface area contributed by atoms with E-state index in [2.05, 4.69) is 14.7 Å². The Morgan fingerprint density at radius 3 is 2.74 bits per heavy atom. The minimum Gasteiger partial charge on any atom is -0.492 e. The van der Waals surface area contributed by atoms with Crippen LogP contribution in [0.5, 0.6) is 5.75 Å². The third-order valence-electron chi connectivity index (χ3n) is 2.29. The van der Waals surface area contributed by atoms with Crippen molar-refractivity contribution in [2.75, 3.05) is 17.6 Å². The lowest BCUT2D eigenvalue weighted by Crippen LogP contribution is -2.15. The number of anilines is 2. The molecule has 1 aromatic carbocycles. The minimum absolute atomic E-state index is 0.0230. The maximum atomic E-state index is 13.6. The average molecular weight is 286 g/mol. The van der Waals surface area contributed by atoms with Crippen molar-refractivity contribution in [3.05, 3.63) is 30.3 Å². The fraction of sp³-hybridized carbons (Fsp3) is 0.100. The number of methoxy groups -OCH3 is 1. The van der Waals surface area contributed by atoms with Crippen LogP contribution in [0.4, 0.5) is 16.0 Å². The number of nitrogen functional groups attached to an aromatic ring is 1. The molecule has 0 unspecified atom stereocenters. The van der Waals surface area contributed by atoms with Crippen LogP contribution in [0, 0.1) is 5.82 Å². The molecule has 0 aliphatic heterocycles. The van der Waals surface area contributed by atoms with Gasteiger partial charge in [-0.1, -0.05) is 0 Å². The van der Waals surface area contributed by atoms with Crippen molar-refractivity contribution >= 4 is 21.7 Å². The normalized spacial score (nSPS) is 11.3. The van der Waals surface area contributed by atoms with E-state index in [1.54, 1.807) is 0 Å². The lowest BCUT2D eigenvalue weighted by atomic mass is 10.3. The van der Waals surface area contributed by atoms with E-state index in [4.69, 9.17) is 10.5 Å². The summed E-state index contributed by atoms with van der Waals surface area (Å²) in [6, 6.07) is 1.92. The summed E-state index contributed by atoms with van der Waals surface area (Å²) >= 11 is 0. The number of imidazole rings is 1. The Morgan fingerprint density at radius 1 is 1.47 bits per heavy atom. The van der Waals surface area contributed by atoms with E-state index in [1.807, 2.05) is 0 Å². The van der Waals surface area contributed by atoms with Crippen LogP contribution < -0.4 is 15.2 Å². The molecule has 9 heteroatoms. The Labute approximate surface area is 108 Å². The van der Waals surface area contributed by atoms with E-state index >= 15 is 0 Å². The van der Waals surface area contributed by atoms with Gasteiger partial charge in [-0.05, 0) is 12.1 Å². The number of nitrogens with one attached hydrogen (secondary N) is 2. The molecule has 7 nitrogen and oxygen atoms in total. The van der Waals surface area contributed by atoms with Gasteiger partial charge in [0.05, 0.1) is 17.7 Å². The van der Waals surface area contributed by atoms with Gasteiger partial charge in [0, 0.05) is 12.4 Å². The van der Waals surface area contributed by atoms with E-state index in [-0.39, 0.29) is 22.3 Å². The standard InChI is InChI=1S/C10H11FN4O3S/c1-18-9-7(11)4-6(5-8(9)12)19(16,17)15-10-13-2-3-14-10/h2-5H,12H2,1H3,(H2,13,14,15). The smallest absolute Gasteiger partial charge is 0.264 e. The molecule has 0 saturated heterocycles. The third-order valence-corrected chi connectivity index (χ3v) is 3.61. The van der Waals surface area contributed by atoms with Crippen LogP contribution in [0.25, 0.3) is 0 Å². The van der Waals surface area contributed by atoms with Gasteiger partial charge in [-0.25, -0.2) is 22.5 Å². The van der Waals surface area contributed by atoms with E-state index in [9.17, 15) is 12.8 Å². The predicted octanol–water partition coefficient (Wildman–Crippen LogP) is 0.940. The molecule has 4 N–H and O–H groups in total. The number of hydrogen-bond acceptors (Lipinski definition) is 5. The van der Waals surface area contributed by atoms with E-state index in [1.165, 1.54) is 19.5 Å². The molecule has 0 aliphatic rings. The highest BCUT2D eigenvalue weighted by Crippen LogP contribution is 2.28. The molecule has 0 amide bonds. The maximum absolute atomic E-state index is 13.6. The molecular weight excluding hydrogens is 275 g/mol. The molecule has 2 aromatic rings. The average Bonchev–Trinajstić information content (AvgIpc) is 2.80. The second-order valence-electron chi connectivity index (χ2n) is 3.57. The molecule has 102 valence electrons. The predicted molar refractivity (Wildman–Crippen MR) is 66.8 cm³/mol. The zero-order valence-electron chi connectivity index (χ0n) is 9.84. The van der Waals surface area contributed by atoms with Crippen molar-refractivity contribution in [2.45, 2.75) is 4.90 Å². The van der Waals surface area contributed by atoms with Crippen molar-refractivity contribution in [3.8, 4) is 5.75 Å². The lowest BCUT2D eigenvalue weighted by molar-refractivity contribution is 0.388. The molecular formula is C10H11FN4O3S. The number of ether oxygens (including phenoxy) is 1. The molecule has 0 aliphatic carbocycles. The first-order valence-corrected chi connectivity index (χ1v) is 6.57. The van der Waals surface area contributed by atoms with Crippen LogP contribution >= 0.6 is 0 Å². The van der Waals surface area contributed by atoms with Crippen molar-refractivity contribution in [1.82, 2.24) is 9.97 Å². The summed E-state index contributed by atoms with van der Waals surface area (Å²) in [6.45, 7) is 0. The van der Waals surface area contributed by atoms with Crippen molar-refractivity contribution in [2.24, 2.45) is 0 Å². The van der Waals surface area contributed by atoms with Gasteiger partial charge >= 0.3 is 0 Å². The fourth-order valence-electron chi connectivity index (χ4n) is 1.47. The summed E-state index contributed by atoms with van der Waals surface area (Å²) in [5.41, 5.74) is 5.41. The fourth-order valence-corrected chi connectivity index (χ4v) is 2.49. The van der Waals surface area contributed by atoms with Gasteiger partial charge in [0.1, 0.15) is 0 Å². The number of sulfonamides is 1. The topological polar surface area (TPSA) is 110 Å². The van der Waals surface area contributed by atoms with Gasteiger partial charge in [-0.3, -0.25) is 0 Å². The molecule has 0 atom stereocenters. The molecule has 0 bridgehead atoms. The molecule has 1 aromatic heterocycles. The number of nitrogens with zero attached hydrogens (tertiary/aromatic N) is 1. The molecule has 0 saturated carbocycles. The van der Waals surface area contributed by atoms with Gasteiger partial charge in [0.2, 0.25) is 5.95 Å². The SMILES string of the molecule is COc1c(N)cc(S(=O)(=O)Nc2ncc[nH]2)cc1F. The largest absolute Gasteiger partial charge is 0.492 e. The van der Waals surface area contributed by atoms with Crippen LogP contribution in [0.3, 0.4) is 0 Å². The third kappa shape index (κ3) is 2.60. The first-order valence-electron chi connectivity index (χ1n) is 5.09. The molecule has 0 radical (unpaired) electrons. The first kappa shape index (κ1) is 13.1. The number of nitrogens with two attached hydrogens (primary N) is 1. The summed E-state index contributed by atoms with van der Waals surface area (Å²) < 4.78 is 44.4. The monoisotopic (exact) mass is 286 g/mol. The van der Waals surface area contributed by atoms with Crippen LogP contribution in [0.15, 0.2) is 29.4 Å². The lowest BCUT2D eigenvalue weighted by Gasteiger charge is -2.10. The zero-order chi connectivity index (χ0) is 14.0. The number of rotatable bonds is 4. The van der Waals surface area contributed by atoms with Gasteiger partial charge < -0.3 is 15.5 Å². The van der Waals surface area contributed by atoms with Crippen LogP contribution in [0.1, 0.15) is 0 Å². The summed E-state index contributed by atoms with van der Waals surface area (Å²) in [6.07, 6.45) is 2.82. The van der Waals surface area contributed by atoms with Crippen LogP contribution in [-0.4, -0.2) is 25.5 Å². The Kier molecular flexibility index (Phi) is 3.30. The number of benzene rings is 1. The van der Waals surface area contributed by atoms with E-state index in [0.29, 0.717) is 0 Å². The summed E-state index contributed by atoms with van der Waals surface area (Å²) in [4.78, 5) is 5.95. The van der Waals surface area contributed by atoms with E-state index in [0.717, 1.165) is 12.1 Å². The maximum Gasteiger partial charge on any atom is 0.264 e. The highest BCUT2D eigenvalue weighted by atomic mass is 32.2. The summed E-state index contributed by atoms with van der Waals surface area (Å²) in [5.74, 6) is -1.03. The Hall–Kier alpha value is -2.29. The second-order valence-corrected chi connectivity index (χ2v) is 5.25. The number of halogens is 1. The Bertz CT molecular complexity index is 662. The number of hydrogen-bond donors (Lipinski definition) is 3. The molecule has 2 rings (SSSR count). The summed E-state index contributed by atoms with van der Waals surface area (Å²) in [7, 11) is -2.73. The highest BCUT2D eigenvalue weighted by Gasteiger charge is 2.20. The zero-order valence-corrected chi connectivity index (χ0v) is 10.7. The van der Waals surface area contributed by atoms with Crippen molar-refractivity contribution in [3.63, 3.8) is 0 Å². The van der Waals surface area contributed by atoms with Crippen LogP contribution in [-0.2, 0) is 10.0 Å². The molecule has 1 heterocycles. The van der Waals surface area contributed by atoms with Gasteiger partial charge in [-0.15, -0.1) is 0 Å². The van der Waals surface area contributed by atoms with Gasteiger partial charge in [0.15, 0.2) is 11.6 Å². The molecule has 19 heavy (non-hydrogen) atoms. The van der Waals surface area contributed by atoms with Gasteiger partial charge in [0.25, 0.3) is 10.0 Å². The van der Waals surface area contributed by atoms with Gasteiger partial charge in [-0.2, -0.15) is 0 Å². The first-order chi connectivity index (χ1) is 8.94. The molecule has 0 fully saturated rings. The number of aromatic amines is 1. The number of aromatic nitrogens is 2. The highest BCUT2D eigenvalue weighted by molar-refractivity contribution is 7.92. The molecule has 0 spiro atoms. The van der Waals surface area contributed by atoms with Crippen LogP contribution in [0.2, 0.25) is 0 Å². The Balaban J connectivity index is 2.41. The number of H-pyrrole nitrogens is 1. The second kappa shape index (κ2) is 4.76. The minimum atomic E-state index is -3.97. The summed E-state index contributed by atoms with van der Waals surface area (Å²) in [5, 5.41) is 0. The quantitative estimate of drug-likeness (QED) is 0.724.